The number of hydrogen-bond acceptors (Lipinski definition) is 6. The zero-order chi connectivity index (χ0) is 19.8. The Morgan fingerprint density at radius 2 is 1.19 bits per heavy atom. The highest BCUT2D eigenvalue weighted by atomic mass is 16.3. The van der Waals surface area contributed by atoms with Gasteiger partial charge in [-0.05, 0) is 79.3 Å². The Labute approximate surface area is 155 Å². The summed E-state index contributed by atoms with van der Waals surface area (Å²) in [5, 5.41) is 40.2. The van der Waals surface area contributed by atoms with Crippen LogP contribution in [0.5, 0.6) is 11.5 Å². The maximum atomic E-state index is 12.7. The largest absolute Gasteiger partial charge is 0.508 e. The number of aromatic hydroxyl groups is 2. The van der Waals surface area contributed by atoms with Crippen LogP contribution >= 0.6 is 0 Å². The zero-order valence-electron chi connectivity index (χ0n) is 14.5. The smallest absolute Gasteiger partial charge is 0.202 e. The van der Waals surface area contributed by atoms with Crippen molar-refractivity contribution < 1.29 is 30.0 Å². The summed E-state index contributed by atoms with van der Waals surface area (Å²) >= 11 is 0. The summed E-state index contributed by atoms with van der Waals surface area (Å²) in [4.78, 5) is 25.4. The van der Waals surface area contributed by atoms with Crippen LogP contribution < -0.4 is 0 Å². The summed E-state index contributed by atoms with van der Waals surface area (Å²) < 4.78 is 0. The van der Waals surface area contributed by atoms with Gasteiger partial charge >= 0.3 is 0 Å². The van der Waals surface area contributed by atoms with Crippen molar-refractivity contribution in [1.82, 2.24) is 0 Å². The van der Waals surface area contributed by atoms with Crippen LogP contribution in [0, 0.1) is 0 Å². The Bertz CT molecular complexity index is 955. The number of benzene rings is 2. The maximum Gasteiger partial charge on any atom is 0.202 e. The van der Waals surface area contributed by atoms with E-state index in [4.69, 9.17) is 0 Å². The van der Waals surface area contributed by atoms with Crippen LogP contribution in [-0.4, -0.2) is 43.2 Å². The van der Waals surface area contributed by atoms with Crippen LogP contribution in [-0.2, 0) is 0 Å². The molecule has 0 heterocycles. The molecule has 2 unspecified atom stereocenters. The molecule has 0 radical (unpaired) electrons. The van der Waals surface area contributed by atoms with E-state index in [0.29, 0.717) is 0 Å². The summed E-state index contributed by atoms with van der Waals surface area (Å²) in [7, 11) is 0. The van der Waals surface area contributed by atoms with E-state index in [2.05, 4.69) is 0 Å². The van der Waals surface area contributed by atoms with Crippen LogP contribution in [0.2, 0.25) is 0 Å². The first-order chi connectivity index (χ1) is 12.7. The predicted octanol–water partition coefficient (Wildman–Crippen LogP) is 2.14. The van der Waals surface area contributed by atoms with Crippen molar-refractivity contribution in [3.05, 3.63) is 83.5 Å². The van der Waals surface area contributed by atoms with Crippen molar-refractivity contribution in [2.45, 2.75) is 18.1 Å². The summed E-state index contributed by atoms with van der Waals surface area (Å²) in [6, 6.07) is 10.8. The lowest BCUT2D eigenvalue weighted by Crippen LogP contribution is -2.45. The molecule has 0 spiro atoms. The molecule has 6 heteroatoms. The molecule has 6 nitrogen and oxygen atoms in total. The molecular weight excluding hydrogens is 348 g/mol. The molecule has 0 amide bonds. The number of aliphatic hydroxyl groups is 2. The third-order valence-electron chi connectivity index (χ3n) is 4.59. The fourth-order valence-electron chi connectivity index (χ4n) is 2.94. The Morgan fingerprint density at radius 1 is 0.741 bits per heavy atom. The van der Waals surface area contributed by atoms with Crippen molar-refractivity contribution >= 4 is 11.6 Å². The number of rotatable bonds is 4. The Hall–Kier alpha value is -3.22. The molecule has 4 N–H and O–H groups in total. The highest BCUT2D eigenvalue weighted by molar-refractivity contribution is 6.09. The van der Waals surface area contributed by atoms with Crippen LogP contribution in [0.1, 0.15) is 27.6 Å². The molecule has 138 valence electrons. The van der Waals surface area contributed by atoms with Gasteiger partial charge in [0, 0.05) is 11.1 Å². The van der Waals surface area contributed by atoms with Gasteiger partial charge in [0.15, 0.2) is 11.2 Å². The number of carbonyl (C=O) groups excluding carboxylic acids is 2. The first kappa shape index (κ1) is 18.6. The predicted molar refractivity (Wildman–Crippen MR) is 97.7 cm³/mol. The van der Waals surface area contributed by atoms with E-state index < -0.39 is 22.8 Å². The zero-order valence-corrected chi connectivity index (χ0v) is 14.5. The standard InChI is InChI=1S/C21H18O6/c1-13-12-20(26,18(24)14-2-6-16(22)7-3-14)10-11-21(13,27)19(25)15-4-8-17(23)9-5-15/h2-12,22-23,26-27H,1H3. The van der Waals surface area contributed by atoms with Gasteiger partial charge in [0.2, 0.25) is 11.6 Å². The summed E-state index contributed by atoms with van der Waals surface area (Å²) in [6.07, 6.45) is 3.31. The van der Waals surface area contributed by atoms with Crippen LogP contribution in [0.15, 0.2) is 72.3 Å². The first-order valence-electron chi connectivity index (χ1n) is 8.18. The third-order valence-corrected chi connectivity index (χ3v) is 4.59. The molecule has 0 aromatic heterocycles. The van der Waals surface area contributed by atoms with Crippen LogP contribution in [0.3, 0.4) is 0 Å². The highest BCUT2D eigenvalue weighted by Gasteiger charge is 2.44. The maximum absolute atomic E-state index is 12.7. The molecule has 0 saturated carbocycles. The van der Waals surface area contributed by atoms with E-state index >= 15 is 0 Å². The molecule has 1 aliphatic rings. The van der Waals surface area contributed by atoms with E-state index in [1.807, 2.05) is 0 Å². The van der Waals surface area contributed by atoms with E-state index in [-0.39, 0.29) is 28.2 Å². The van der Waals surface area contributed by atoms with E-state index in [9.17, 15) is 30.0 Å². The number of hydrogen-bond donors (Lipinski definition) is 4. The quantitative estimate of drug-likeness (QED) is 0.487. The Morgan fingerprint density at radius 3 is 1.63 bits per heavy atom. The average molecular weight is 366 g/mol. The van der Waals surface area contributed by atoms with E-state index in [1.54, 1.807) is 0 Å². The molecule has 2 atom stereocenters. The summed E-state index contributed by atoms with van der Waals surface area (Å²) in [5.74, 6) is -1.33. The van der Waals surface area contributed by atoms with Crippen molar-refractivity contribution in [3.63, 3.8) is 0 Å². The number of phenols is 2. The van der Waals surface area contributed by atoms with Gasteiger partial charge in [-0.15, -0.1) is 0 Å². The lowest BCUT2D eigenvalue weighted by Gasteiger charge is -2.32. The molecule has 0 bridgehead atoms. The second-order valence-electron chi connectivity index (χ2n) is 6.50. The van der Waals surface area contributed by atoms with E-state index in [1.165, 1.54) is 55.5 Å². The molecule has 2 aromatic rings. The molecular formula is C21H18O6. The van der Waals surface area contributed by atoms with Crippen molar-refractivity contribution in [2.75, 3.05) is 0 Å². The minimum Gasteiger partial charge on any atom is -0.508 e. The highest BCUT2D eigenvalue weighted by Crippen LogP contribution is 2.33. The monoisotopic (exact) mass is 366 g/mol. The molecule has 0 aliphatic heterocycles. The van der Waals surface area contributed by atoms with Gasteiger partial charge in [0.05, 0.1) is 0 Å². The third kappa shape index (κ3) is 3.28. The fraction of sp³-hybridized carbons (Fsp3) is 0.143. The molecule has 2 aromatic carbocycles. The topological polar surface area (TPSA) is 115 Å². The van der Waals surface area contributed by atoms with Gasteiger partial charge in [-0.1, -0.05) is 0 Å². The summed E-state index contributed by atoms with van der Waals surface area (Å²) in [6.45, 7) is 1.44. The lowest BCUT2D eigenvalue weighted by molar-refractivity contribution is 0.0547. The minimum absolute atomic E-state index is 0.0149. The van der Waals surface area contributed by atoms with Gasteiger partial charge < -0.3 is 20.4 Å². The average Bonchev–Trinajstić information content (AvgIpc) is 2.65. The molecule has 3 rings (SSSR count). The number of carbonyl (C=O) groups is 2. The van der Waals surface area contributed by atoms with Crippen LogP contribution in [0.25, 0.3) is 0 Å². The molecule has 27 heavy (non-hydrogen) atoms. The Kier molecular flexibility index (Phi) is 4.47. The second-order valence-corrected chi connectivity index (χ2v) is 6.50. The SMILES string of the molecule is CC1=CC(O)(C(=O)c2ccc(O)cc2)C=CC1(O)C(=O)c1ccc(O)cc1. The van der Waals surface area contributed by atoms with Gasteiger partial charge in [-0.25, -0.2) is 0 Å². The van der Waals surface area contributed by atoms with Crippen LogP contribution in [0.4, 0.5) is 0 Å². The van der Waals surface area contributed by atoms with Gasteiger partial charge in [-0.3, -0.25) is 9.59 Å². The van der Waals surface area contributed by atoms with Gasteiger partial charge in [-0.2, -0.15) is 0 Å². The number of Topliss-reactive ketones (excluding diaryl/α,β-unsaturated/α-hetero) is 2. The van der Waals surface area contributed by atoms with E-state index in [0.717, 1.165) is 18.2 Å². The number of ketones is 2. The summed E-state index contributed by atoms with van der Waals surface area (Å²) in [5.41, 5.74) is -3.61. The molecule has 1 aliphatic carbocycles. The molecule has 0 fully saturated rings. The van der Waals surface area contributed by atoms with Gasteiger partial charge in [0.25, 0.3) is 0 Å². The van der Waals surface area contributed by atoms with Gasteiger partial charge in [0.1, 0.15) is 11.5 Å². The fourth-order valence-corrected chi connectivity index (χ4v) is 2.94. The Balaban J connectivity index is 1.93. The first-order valence-corrected chi connectivity index (χ1v) is 8.18. The van der Waals surface area contributed by atoms with Crippen molar-refractivity contribution in [3.8, 4) is 11.5 Å². The van der Waals surface area contributed by atoms with Crippen molar-refractivity contribution in [2.24, 2.45) is 0 Å². The second kappa shape index (κ2) is 6.50. The lowest BCUT2D eigenvalue weighted by atomic mass is 9.77. The number of phenolic OH excluding ortho intramolecular Hbond substituents is 2. The van der Waals surface area contributed by atoms with Crippen molar-refractivity contribution in [1.29, 1.82) is 0 Å². The normalized spacial score (nSPS) is 24.3. The minimum atomic E-state index is -2.03. The molecule has 0 saturated heterocycles.